The van der Waals surface area contributed by atoms with Gasteiger partial charge in [0.25, 0.3) is 0 Å². The van der Waals surface area contributed by atoms with Crippen LogP contribution in [-0.4, -0.2) is 15.7 Å². The number of amides is 2. The van der Waals surface area contributed by atoms with Crippen LogP contribution in [-0.2, 0) is 9.59 Å². The number of imide groups is 1. The van der Waals surface area contributed by atoms with Gasteiger partial charge in [0.15, 0.2) is 0 Å². The molecule has 0 aromatic rings. The van der Waals surface area contributed by atoms with E-state index in [1.165, 1.54) is 0 Å². The van der Waals surface area contributed by atoms with Gasteiger partial charge >= 0.3 is 0 Å². The number of carbonyl (C=O) groups is 2. The molecule has 1 rings (SSSR count). The third kappa shape index (κ3) is 0.868. The van der Waals surface area contributed by atoms with Crippen molar-refractivity contribution in [3.8, 4) is 0 Å². The average molecular weight is 206 g/mol. The fourth-order valence-corrected chi connectivity index (χ4v) is 1.54. The molecule has 2 atom stereocenters. The van der Waals surface area contributed by atoms with Gasteiger partial charge < -0.3 is 0 Å². The predicted octanol–water partition coefficient (Wildman–Crippen LogP) is 0.937. The Bertz CT molecular complexity index is 172. The Morgan fingerprint density at radius 2 is 1.50 bits per heavy atom. The molecule has 1 fully saturated rings. The minimum absolute atomic E-state index is 0.141. The molecule has 10 heavy (non-hydrogen) atoms. The molecule has 1 heterocycles. The van der Waals surface area contributed by atoms with Crippen LogP contribution in [0.15, 0.2) is 0 Å². The van der Waals surface area contributed by atoms with E-state index in [1.807, 2.05) is 0 Å². The van der Waals surface area contributed by atoms with Gasteiger partial charge in [-0.05, 0) is 0 Å². The van der Waals surface area contributed by atoms with Gasteiger partial charge in [0.05, 0.1) is 16.1 Å². The number of hydrogen-bond acceptors (Lipinski definition) is 2. The van der Waals surface area contributed by atoms with Crippen LogP contribution in [0.25, 0.3) is 0 Å². The summed E-state index contributed by atoms with van der Waals surface area (Å²) in [6.45, 7) is 3.51. The van der Waals surface area contributed by atoms with Crippen LogP contribution in [0.4, 0.5) is 0 Å². The van der Waals surface area contributed by atoms with E-state index in [0.29, 0.717) is 0 Å². The first-order chi connectivity index (χ1) is 4.55. The zero-order chi connectivity index (χ0) is 7.89. The Kier molecular flexibility index (Phi) is 1.81. The lowest BCUT2D eigenvalue weighted by molar-refractivity contribution is -0.132. The van der Waals surface area contributed by atoms with Gasteiger partial charge in [0.1, 0.15) is 0 Å². The molecule has 0 spiro atoms. The van der Waals surface area contributed by atoms with Gasteiger partial charge in [-0.25, -0.2) is 3.93 Å². The largest absolute Gasteiger partial charge is 0.273 e. The van der Waals surface area contributed by atoms with Crippen molar-refractivity contribution in [2.45, 2.75) is 13.8 Å². The minimum Gasteiger partial charge on any atom is -0.273 e. The molecular weight excluding hydrogens is 198 g/mol. The van der Waals surface area contributed by atoms with Gasteiger partial charge in [-0.1, -0.05) is 13.8 Å². The van der Waals surface area contributed by atoms with E-state index in [-0.39, 0.29) is 23.7 Å². The first-order valence-electron chi connectivity index (χ1n) is 3.09. The van der Waals surface area contributed by atoms with Gasteiger partial charge in [0.2, 0.25) is 11.8 Å². The van der Waals surface area contributed by atoms with E-state index < -0.39 is 0 Å². The summed E-state index contributed by atoms with van der Waals surface area (Å²) in [4.78, 5) is 22.0. The molecule has 0 radical (unpaired) electrons. The highest BCUT2D eigenvalue weighted by Gasteiger charge is 2.41. The lowest BCUT2D eigenvalue weighted by atomic mass is 10.00. The Morgan fingerprint density at radius 3 is 1.60 bits per heavy atom. The van der Waals surface area contributed by atoms with Crippen LogP contribution in [0.2, 0.25) is 0 Å². The molecule has 56 valence electrons. The van der Waals surface area contributed by atoms with Crippen LogP contribution in [0, 0.1) is 11.8 Å². The molecular formula is C6H8BrNO2. The van der Waals surface area contributed by atoms with Crippen LogP contribution in [0.3, 0.4) is 0 Å². The van der Waals surface area contributed by atoms with Crippen LogP contribution in [0.1, 0.15) is 13.8 Å². The van der Waals surface area contributed by atoms with Crippen molar-refractivity contribution in [2.75, 3.05) is 0 Å². The molecule has 1 saturated heterocycles. The number of nitrogens with zero attached hydrogens (tertiary/aromatic N) is 1. The molecule has 0 bridgehead atoms. The summed E-state index contributed by atoms with van der Waals surface area (Å²) in [5.41, 5.74) is 0. The van der Waals surface area contributed by atoms with Gasteiger partial charge in [-0.3, -0.25) is 9.59 Å². The van der Waals surface area contributed by atoms with Crippen molar-refractivity contribution in [1.29, 1.82) is 0 Å². The Balaban J connectivity index is 2.89. The van der Waals surface area contributed by atoms with Crippen LogP contribution < -0.4 is 0 Å². The molecule has 4 heteroatoms. The second kappa shape index (κ2) is 2.34. The van der Waals surface area contributed by atoms with Gasteiger partial charge in [-0.2, -0.15) is 0 Å². The Morgan fingerprint density at radius 1 is 1.20 bits per heavy atom. The van der Waals surface area contributed by atoms with E-state index in [1.54, 1.807) is 13.8 Å². The number of hydrogen-bond donors (Lipinski definition) is 0. The summed E-state index contributed by atoms with van der Waals surface area (Å²) in [5.74, 6) is -0.631. The topological polar surface area (TPSA) is 37.4 Å². The summed E-state index contributed by atoms with van der Waals surface area (Å²) < 4.78 is 1.02. The number of carbonyl (C=O) groups excluding carboxylic acids is 2. The molecule has 2 amide bonds. The highest BCUT2D eigenvalue weighted by Crippen LogP contribution is 2.27. The lowest BCUT2D eigenvalue weighted by Gasteiger charge is -1.99. The normalized spacial score (nSPS) is 33.7. The van der Waals surface area contributed by atoms with Crippen molar-refractivity contribution in [2.24, 2.45) is 11.8 Å². The standard InChI is InChI=1S/C6H8BrNO2/c1-3-4(2)6(10)8(7)5(3)9/h3-4H,1-2H3. The molecule has 1 aliphatic heterocycles. The smallest absolute Gasteiger partial charge is 0.243 e. The maximum Gasteiger partial charge on any atom is 0.243 e. The fourth-order valence-electron chi connectivity index (χ4n) is 0.894. The first kappa shape index (κ1) is 7.72. The van der Waals surface area contributed by atoms with Crippen LogP contribution >= 0.6 is 16.1 Å². The predicted molar refractivity (Wildman–Crippen MR) is 39.1 cm³/mol. The second-order valence-electron chi connectivity index (χ2n) is 2.53. The van der Waals surface area contributed by atoms with Crippen molar-refractivity contribution < 1.29 is 9.59 Å². The van der Waals surface area contributed by atoms with E-state index in [2.05, 4.69) is 16.1 Å². The number of halogens is 1. The van der Waals surface area contributed by atoms with Crippen molar-refractivity contribution in [1.82, 2.24) is 3.93 Å². The summed E-state index contributed by atoms with van der Waals surface area (Å²) in [5, 5.41) is 0. The summed E-state index contributed by atoms with van der Waals surface area (Å²) in [6.07, 6.45) is 0. The number of rotatable bonds is 0. The average Bonchev–Trinajstić information content (AvgIpc) is 2.07. The molecule has 2 unspecified atom stereocenters. The fraction of sp³-hybridized carbons (Fsp3) is 0.667. The lowest BCUT2D eigenvalue weighted by Crippen LogP contribution is -2.19. The molecule has 0 N–H and O–H groups in total. The molecule has 0 saturated carbocycles. The van der Waals surface area contributed by atoms with Crippen molar-refractivity contribution >= 4 is 28.0 Å². The summed E-state index contributed by atoms with van der Waals surface area (Å²) in [7, 11) is 0. The molecule has 0 aromatic heterocycles. The van der Waals surface area contributed by atoms with E-state index >= 15 is 0 Å². The van der Waals surface area contributed by atoms with Crippen LogP contribution in [0.5, 0.6) is 0 Å². The monoisotopic (exact) mass is 205 g/mol. The first-order valence-corrected chi connectivity index (χ1v) is 3.80. The minimum atomic E-state index is -0.174. The van der Waals surface area contributed by atoms with Crippen molar-refractivity contribution in [3.05, 3.63) is 0 Å². The van der Waals surface area contributed by atoms with Gasteiger partial charge in [0, 0.05) is 11.8 Å². The Labute approximate surface area is 67.7 Å². The Hall–Kier alpha value is -0.380. The zero-order valence-corrected chi connectivity index (χ0v) is 7.38. The van der Waals surface area contributed by atoms with Gasteiger partial charge in [-0.15, -0.1) is 0 Å². The molecule has 0 aromatic carbocycles. The summed E-state index contributed by atoms with van der Waals surface area (Å²) >= 11 is 2.88. The van der Waals surface area contributed by atoms with E-state index in [9.17, 15) is 9.59 Å². The maximum absolute atomic E-state index is 11.0. The highest BCUT2D eigenvalue weighted by molar-refractivity contribution is 9.08. The third-order valence-corrected chi connectivity index (χ3v) is 2.62. The van der Waals surface area contributed by atoms with Crippen molar-refractivity contribution in [3.63, 3.8) is 0 Å². The van der Waals surface area contributed by atoms with E-state index in [4.69, 9.17) is 0 Å². The SMILES string of the molecule is CC1C(=O)N(Br)C(=O)C1C. The quantitative estimate of drug-likeness (QED) is 0.436. The maximum atomic E-state index is 11.0. The third-order valence-electron chi connectivity index (χ3n) is 1.92. The highest BCUT2D eigenvalue weighted by atomic mass is 79.9. The molecule has 0 aliphatic carbocycles. The van der Waals surface area contributed by atoms with E-state index in [0.717, 1.165) is 3.93 Å². The molecule has 3 nitrogen and oxygen atoms in total. The second-order valence-corrected chi connectivity index (χ2v) is 3.24. The zero-order valence-electron chi connectivity index (χ0n) is 5.80. The molecule has 1 aliphatic rings. The summed E-state index contributed by atoms with van der Waals surface area (Å²) in [6, 6.07) is 0.